The molecule has 1 heterocycles. The van der Waals surface area contributed by atoms with E-state index in [9.17, 15) is 35.4 Å². The molecule has 31 heavy (non-hydrogen) atoms. The molecule has 4 rings (SSSR count). The third-order valence-corrected chi connectivity index (χ3v) is 4.44. The Labute approximate surface area is 172 Å². The van der Waals surface area contributed by atoms with Crippen LogP contribution in [0, 0.1) is 30.3 Å². The maximum absolute atomic E-state index is 11.1. The summed E-state index contributed by atoms with van der Waals surface area (Å²) < 4.78 is 3.68. The molecule has 158 valence electrons. The van der Waals surface area contributed by atoms with Gasteiger partial charge < -0.3 is 5.11 Å². The molecule has 0 unspecified atom stereocenters. The minimum absolute atomic E-state index is 0.384. The van der Waals surface area contributed by atoms with Crippen molar-refractivity contribution < 1.29 is 24.4 Å². The molecule has 1 aromatic heterocycles. The average molecular weight is 426 g/mol. The maximum Gasteiger partial charge on any atom is 0.283 e. The zero-order valence-corrected chi connectivity index (χ0v) is 15.9. The molecule has 0 saturated carbocycles. The molecule has 4 aromatic rings. The predicted octanol–water partition coefficient (Wildman–Crippen LogP) is 1.82. The first-order chi connectivity index (χ1) is 14.6. The standard InChI is InChI=1S/C12H12N3.C6H3N3O7/c1-14-8-15(13)12-7-10-5-3-2-4-9(10)6-11(12)14;10-6-4(8(13)14)1-3(7(11)12)2-5(6)9(15)16/h2-8H,13H2,1H3;1-2,10H/q+1;/p-1. The number of nitro groups is 3. The molecule has 0 fully saturated rings. The smallest absolute Gasteiger partial charge is 0.283 e. The number of aryl methyl sites for hydroxylation is 1. The normalized spacial score (nSPS) is 10.5. The summed E-state index contributed by atoms with van der Waals surface area (Å²) in [6.45, 7) is 0. The van der Waals surface area contributed by atoms with Crippen LogP contribution in [0.5, 0.6) is 5.75 Å². The molecule has 2 N–H and O–H groups in total. The van der Waals surface area contributed by atoms with Crippen LogP contribution < -0.4 is 15.5 Å². The second kappa shape index (κ2) is 7.90. The van der Waals surface area contributed by atoms with E-state index in [1.807, 2.05) is 30.1 Å². The number of aromatic nitrogens is 2. The lowest BCUT2D eigenvalue weighted by Gasteiger charge is -2.06. The summed E-state index contributed by atoms with van der Waals surface area (Å²) in [7, 11) is 2.00. The fourth-order valence-electron chi connectivity index (χ4n) is 2.98. The Morgan fingerprint density at radius 2 is 1.39 bits per heavy atom. The second-order valence-electron chi connectivity index (χ2n) is 6.41. The van der Waals surface area contributed by atoms with Crippen molar-refractivity contribution in [2.75, 3.05) is 5.84 Å². The maximum atomic E-state index is 11.1. The number of nitrogens with two attached hydrogens (primary N) is 1. The van der Waals surface area contributed by atoms with Gasteiger partial charge in [0, 0.05) is 0 Å². The minimum atomic E-state index is -1.46. The van der Waals surface area contributed by atoms with Crippen molar-refractivity contribution in [1.29, 1.82) is 0 Å². The molecule has 0 aliphatic heterocycles. The van der Waals surface area contributed by atoms with E-state index >= 15 is 0 Å². The first kappa shape index (κ1) is 20.9. The highest BCUT2D eigenvalue weighted by Gasteiger charge is 2.24. The molecule has 13 heteroatoms. The van der Waals surface area contributed by atoms with E-state index in [1.54, 1.807) is 4.68 Å². The first-order valence-corrected chi connectivity index (χ1v) is 8.53. The predicted molar refractivity (Wildman–Crippen MR) is 107 cm³/mol. The lowest BCUT2D eigenvalue weighted by Crippen LogP contribution is -2.26. The van der Waals surface area contributed by atoms with Gasteiger partial charge >= 0.3 is 0 Å². The van der Waals surface area contributed by atoms with E-state index in [0.717, 1.165) is 11.0 Å². The number of benzene rings is 3. The molecule has 0 aliphatic carbocycles. The van der Waals surface area contributed by atoms with Crippen LogP contribution in [0.15, 0.2) is 54.9 Å². The number of imidazole rings is 1. The van der Waals surface area contributed by atoms with Gasteiger partial charge in [-0.05, 0) is 22.9 Å². The Morgan fingerprint density at radius 1 is 0.871 bits per heavy atom. The van der Waals surface area contributed by atoms with Crippen molar-refractivity contribution in [3.05, 3.63) is 85.2 Å². The Hall–Kier alpha value is -4.81. The van der Waals surface area contributed by atoms with Crippen LogP contribution in [-0.4, -0.2) is 19.4 Å². The number of nitrogens with zero attached hydrogens (tertiary/aromatic N) is 5. The summed E-state index contributed by atoms with van der Waals surface area (Å²) in [6, 6.07) is 13.3. The van der Waals surface area contributed by atoms with Crippen molar-refractivity contribution in [2.24, 2.45) is 7.05 Å². The molecule has 0 atom stereocenters. The minimum Gasteiger partial charge on any atom is -0.863 e. The van der Waals surface area contributed by atoms with Crippen molar-refractivity contribution >= 4 is 38.9 Å². The summed E-state index contributed by atoms with van der Waals surface area (Å²) in [4.78, 5) is 27.5. The van der Waals surface area contributed by atoms with Crippen molar-refractivity contribution in [3.63, 3.8) is 0 Å². The molecule has 0 aliphatic rings. The quantitative estimate of drug-likeness (QED) is 0.222. The third-order valence-electron chi connectivity index (χ3n) is 4.44. The highest BCUT2D eigenvalue weighted by Crippen LogP contribution is 2.36. The molecule has 0 saturated heterocycles. The summed E-state index contributed by atoms with van der Waals surface area (Å²) in [5.74, 6) is 4.41. The molecule has 0 amide bonds. The second-order valence-corrected chi connectivity index (χ2v) is 6.41. The summed E-state index contributed by atoms with van der Waals surface area (Å²) in [5, 5.41) is 44.6. The van der Waals surface area contributed by atoms with E-state index in [0.29, 0.717) is 12.1 Å². The number of rotatable bonds is 3. The summed E-state index contributed by atoms with van der Waals surface area (Å²) in [6.07, 6.45) is 1.88. The first-order valence-electron chi connectivity index (χ1n) is 8.53. The molecule has 0 bridgehead atoms. The molecule has 0 spiro atoms. The molecular weight excluding hydrogens is 412 g/mol. The van der Waals surface area contributed by atoms with Gasteiger partial charge in [0.05, 0.1) is 39.7 Å². The fourth-order valence-corrected chi connectivity index (χ4v) is 2.98. The number of hydrogen-bond acceptors (Lipinski definition) is 8. The van der Waals surface area contributed by atoms with Gasteiger partial charge in [-0.15, -0.1) is 4.68 Å². The van der Waals surface area contributed by atoms with Crippen LogP contribution >= 0.6 is 0 Å². The van der Waals surface area contributed by atoms with Gasteiger partial charge in [0.15, 0.2) is 11.0 Å². The average Bonchev–Trinajstić information content (AvgIpc) is 2.99. The summed E-state index contributed by atoms with van der Waals surface area (Å²) >= 11 is 0. The van der Waals surface area contributed by atoms with Crippen LogP contribution in [-0.2, 0) is 7.05 Å². The van der Waals surface area contributed by atoms with E-state index < -0.39 is 37.6 Å². The van der Waals surface area contributed by atoms with E-state index in [1.165, 1.54) is 10.8 Å². The number of nitrogen functional groups attached to an aromatic ring is 1. The molecule has 0 radical (unpaired) electrons. The Bertz CT molecular complexity index is 1270. The van der Waals surface area contributed by atoms with E-state index in [4.69, 9.17) is 5.84 Å². The number of nitro benzene ring substituents is 3. The van der Waals surface area contributed by atoms with Gasteiger partial charge in [0.2, 0.25) is 0 Å². The molecular formula is C18H14N6O7. The molecule has 13 nitrogen and oxygen atoms in total. The van der Waals surface area contributed by atoms with Crippen molar-refractivity contribution in [2.45, 2.75) is 0 Å². The highest BCUT2D eigenvalue weighted by atomic mass is 16.6. The van der Waals surface area contributed by atoms with Gasteiger partial charge in [0.1, 0.15) is 0 Å². The largest absolute Gasteiger partial charge is 0.863 e. The number of hydrogen-bond donors (Lipinski definition) is 1. The zero-order valence-electron chi connectivity index (χ0n) is 15.9. The summed E-state index contributed by atoms with van der Waals surface area (Å²) in [5.41, 5.74) is -1.06. The number of fused-ring (bicyclic) bond motifs is 2. The Morgan fingerprint density at radius 3 is 1.87 bits per heavy atom. The third kappa shape index (κ3) is 4.00. The lowest BCUT2D eigenvalue weighted by atomic mass is 10.1. The van der Waals surface area contributed by atoms with Crippen LogP contribution in [0.2, 0.25) is 0 Å². The van der Waals surface area contributed by atoms with Gasteiger partial charge in [-0.25, -0.2) is 4.57 Å². The monoisotopic (exact) mass is 426 g/mol. The lowest BCUT2D eigenvalue weighted by molar-refractivity contribution is -0.645. The fraction of sp³-hybridized carbons (Fsp3) is 0.0556. The van der Waals surface area contributed by atoms with E-state index in [2.05, 4.69) is 24.3 Å². The Balaban J connectivity index is 0.000000176. The topological polar surface area (TPSA) is 187 Å². The Kier molecular flexibility index (Phi) is 5.33. The molecule has 3 aromatic carbocycles. The van der Waals surface area contributed by atoms with Gasteiger partial charge in [0.25, 0.3) is 23.4 Å². The van der Waals surface area contributed by atoms with Crippen molar-refractivity contribution in [3.8, 4) is 5.75 Å². The number of non-ortho nitro benzene ring substituents is 1. The van der Waals surface area contributed by atoms with Crippen LogP contribution in [0.1, 0.15) is 0 Å². The van der Waals surface area contributed by atoms with Crippen LogP contribution in [0.3, 0.4) is 0 Å². The van der Waals surface area contributed by atoms with Gasteiger partial charge in [-0.2, -0.15) is 0 Å². The van der Waals surface area contributed by atoms with Gasteiger partial charge in [-0.1, -0.05) is 24.3 Å². The highest BCUT2D eigenvalue weighted by molar-refractivity contribution is 5.93. The van der Waals surface area contributed by atoms with Crippen LogP contribution in [0.4, 0.5) is 17.1 Å². The van der Waals surface area contributed by atoms with Gasteiger partial charge in [-0.3, -0.25) is 36.2 Å². The van der Waals surface area contributed by atoms with Crippen LogP contribution in [0.25, 0.3) is 21.8 Å². The van der Waals surface area contributed by atoms with Crippen molar-refractivity contribution in [1.82, 2.24) is 4.68 Å². The zero-order chi connectivity index (χ0) is 22.9. The SMILES string of the molecule is C[n+]1cn(N)c2cc3ccccc3cc21.O=[N+]([O-])c1cc([N+](=O)[O-])c([O-])c([N+](=O)[O-])c1. The van der Waals surface area contributed by atoms with E-state index in [-0.39, 0.29) is 0 Å².